The largest absolute Gasteiger partial charge is 0.451 e. The van der Waals surface area contributed by atoms with Gasteiger partial charge in [0.05, 0.1) is 12.8 Å². The van der Waals surface area contributed by atoms with Crippen molar-refractivity contribution in [2.45, 2.75) is 6.92 Å². The van der Waals surface area contributed by atoms with Crippen molar-refractivity contribution in [3.05, 3.63) is 28.2 Å². The van der Waals surface area contributed by atoms with Gasteiger partial charge in [-0.3, -0.25) is 10.0 Å². The fourth-order valence-corrected chi connectivity index (χ4v) is 0.897. The van der Waals surface area contributed by atoms with Crippen LogP contribution in [0.5, 0.6) is 0 Å². The molecule has 0 spiro atoms. The first kappa shape index (κ1) is 10.3. The maximum absolute atomic E-state index is 11.0. The van der Waals surface area contributed by atoms with Crippen LogP contribution in [0.3, 0.4) is 0 Å². The Kier molecular flexibility index (Phi) is 2.88. The molecule has 0 radical (unpaired) electrons. The molecular weight excluding hydrogens is 188 g/mol. The summed E-state index contributed by atoms with van der Waals surface area (Å²) in [5.41, 5.74) is 0.270. The second-order valence-electron chi connectivity index (χ2n) is 2.65. The number of aromatic amines is 1. The van der Waals surface area contributed by atoms with Crippen molar-refractivity contribution in [2.24, 2.45) is 0 Å². The number of pyridine rings is 1. The Morgan fingerprint density at radius 1 is 1.64 bits per heavy atom. The lowest BCUT2D eigenvalue weighted by atomic mass is 10.3. The maximum atomic E-state index is 11.0. The van der Waals surface area contributed by atoms with Gasteiger partial charge in [0.15, 0.2) is 0 Å². The number of hydrogen-bond acceptors (Lipinski definition) is 4. The molecule has 0 saturated carbocycles. The van der Waals surface area contributed by atoms with Gasteiger partial charge in [0, 0.05) is 11.8 Å². The SMILES string of the molecule is COC(=O)N(O)c1c[nH]c(=O)c(C)c1. The second kappa shape index (κ2) is 3.93. The summed E-state index contributed by atoms with van der Waals surface area (Å²) in [6, 6.07) is 1.37. The predicted molar refractivity (Wildman–Crippen MR) is 48.5 cm³/mol. The maximum Gasteiger partial charge on any atom is 0.438 e. The molecule has 1 aromatic heterocycles. The number of aromatic nitrogens is 1. The second-order valence-corrected chi connectivity index (χ2v) is 2.65. The van der Waals surface area contributed by atoms with E-state index in [1.54, 1.807) is 6.92 Å². The van der Waals surface area contributed by atoms with Crippen LogP contribution < -0.4 is 10.6 Å². The zero-order valence-electron chi connectivity index (χ0n) is 7.77. The van der Waals surface area contributed by atoms with Gasteiger partial charge in [0.1, 0.15) is 0 Å². The van der Waals surface area contributed by atoms with Crippen LogP contribution in [0, 0.1) is 6.92 Å². The van der Waals surface area contributed by atoms with E-state index in [1.165, 1.54) is 12.3 Å². The number of H-pyrrole nitrogens is 1. The van der Waals surface area contributed by atoms with Crippen LogP contribution in [0.4, 0.5) is 10.5 Å². The van der Waals surface area contributed by atoms with E-state index in [0.717, 1.165) is 7.11 Å². The molecule has 0 aliphatic rings. The average molecular weight is 198 g/mol. The van der Waals surface area contributed by atoms with Crippen LogP contribution in [0.2, 0.25) is 0 Å². The third-order valence-electron chi connectivity index (χ3n) is 1.67. The predicted octanol–water partition coefficient (Wildman–Crippen LogP) is 0.645. The first-order valence-corrected chi connectivity index (χ1v) is 3.82. The summed E-state index contributed by atoms with van der Waals surface area (Å²) < 4.78 is 4.28. The smallest absolute Gasteiger partial charge is 0.438 e. The minimum absolute atomic E-state index is 0.147. The minimum atomic E-state index is -0.920. The number of rotatable bonds is 1. The van der Waals surface area contributed by atoms with E-state index in [-0.39, 0.29) is 11.2 Å². The molecule has 0 unspecified atom stereocenters. The van der Waals surface area contributed by atoms with Crippen molar-refractivity contribution in [1.82, 2.24) is 4.98 Å². The monoisotopic (exact) mass is 198 g/mol. The summed E-state index contributed by atoms with van der Waals surface area (Å²) in [7, 11) is 1.14. The lowest BCUT2D eigenvalue weighted by molar-refractivity contribution is 0.141. The molecule has 2 N–H and O–H groups in total. The lowest BCUT2D eigenvalue weighted by Crippen LogP contribution is -2.27. The van der Waals surface area contributed by atoms with E-state index >= 15 is 0 Å². The number of carbonyl (C=O) groups is 1. The summed E-state index contributed by atoms with van der Waals surface area (Å²) in [6.45, 7) is 1.56. The summed E-state index contributed by atoms with van der Waals surface area (Å²) >= 11 is 0. The van der Waals surface area contributed by atoms with Crippen LogP contribution in [0.1, 0.15) is 5.56 Å². The molecule has 76 valence electrons. The van der Waals surface area contributed by atoms with Gasteiger partial charge in [-0.15, -0.1) is 0 Å². The molecule has 0 aliphatic heterocycles. The Labute approximate surface area is 79.7 Å². The Morgan fingerprint density at radius 2 is 2.29 bits per heavy atom. The standard InChI is InChI=1S/C8H10N2O4/c1-5-3-6(4-9-7(5)11)10(13)8(12)14-2/h3-4,13H,1-2H3,(H,9,11). The zero-order chi connectivity index (χ0) is 10.7. The number of carbonyl (C=O) groups excluding carboxylic acids is 1. The zero-order valence-corrected chi connectivity index (χ0v) is 7.77. The number of nitrogens with zero attached hydrogens (tertiary/aromatic N) is 1. The van der Waals surface area contributed by atoms with Gasteiger partial charge in [-0.2, -0.15) is 5.06 Å². The topological polar surface area (TPSA) is 82.6 Å². The summed E-state index contributed by atoms with van der Waals surface area (Å²) in [6.07, 6.45) is 0.295. The van der Waals surface area contributed by atoms with Gasteiger partial charge in [-0.25, -0.2) is 4.79 Å². The minimum Gasteiger partial charge on any atom is -0.451 e. The molecule has 6 nitrogen and oxygen atoms in total. The molecule has 0 aliphatic carbocycles. The van der Waals surface area contributed by atoms with E-state index in [0.29, 0.717) is 10.6 Å². The van der Waals surface area contributed by atoms with Crippen LogP contribution in [0.15, 0.2) is 17.1 Å². The first-order valence-electron chi connectivity index (χ1n) is 3.82. The quantitative estimate of drug-likeness (QED) is 0.512. The number of hydrogen-bond donors (Lipinski definition) is 2. The number of nitrogens with one attached hydrogen (secondary N) is 1. The number of hydroxylamine groups is 1. The van der Waals surface area contributed by atoms with Crippen LogP contribution in [0.25, 0.3) is 0 Å². The molecule has 0 bridgehead atoms. The van der Waals surface area contributed by atoms with Gasteiger partial charge >= 0.3 is 6.09 Å². The third kappa shape index (κ3) is 1.91. The van der Waals surface area contributed by atoms with Crippen molar-refractivity contribution >= 4 is 11.8 Å². The van der Waals surface area contributed by atoms with E-state index in [4.69, 9.17) is 0 Å². The highest BCUT2D eigenvalue weighted by molar-refractivity contribution is 5.84. The molecule has 0 aromatic carbocycles. The third-order valence-corrected chi connectivity index (χ3v) is 1.67. The number of ether oxygens (including phenoxy) is 1. The number of anilines is 1. The Bertz CT molecular complexity index is 399. The van der Waals surface area contributed by atoms with Gasteiger partial charge < -0.3 is 9.72 Å². The van der Waals surface area contributed by atoms with Gasteiger partial charge in [-0.1, -0.05) is 0 Å². The van der Waals surface area contributed by atoms with E-state index in [2.05, 4.69) is 9.72 Å². The molecular formula is C8H10N2O4. The molecule has 1 aromatic rings. The molecule has 6 heteroatoms. The molecule has 1 amide bonds. The number of aryl methyl sites for hydroxylation is 1. The highest BCUT2D eigenvalue weighted by Crippen LogP contribution is 2.10. The van der Waals surface area contributed by atoms with Crippen LogP contribution in [-0.2, 0) is 4.74 Å². The van der Waals surface area contributed by atoms with Crippen molar-refractivity contribution in [3.8, 4) is 0 Å². The number of amides is 1. The van der Waals surface area contributed by atoms with Crippen molar-refractivity contribution < 1.29 is 14.7 Å². The summed E-state index contributed by atoms with van der Waals surface area (Å²) in [5, 5.41) is 9.55. The van der Waals surface area contributed by atoms with E-state index < -0.39 is 6.09 Å². The Balaban J connectivity index is 3.02. The molecule has 1 rings (SSSR count). The fourth-order valence-electron chi connectivity index (χ4n) is 0.897. The molecule has 0 fully saturated rings. The van der Waals surface area contributed by atoms with Crippen molar-refractivity contribution in [2.75, 3.05) is 12.2 Å². The molecule has 0 saturated heterocycles. The van der Waals surface area contributed by atoms with E-state index in [1.807, 2.05) is 0 Å². The van der Waals surface area contributed by atoms with Crippen LogP contribution in [-0.4, -0.2) is 23.4 Å². The normalized spacial score (nSPS) is 9.64. The summed E-state index contributed by atoms with van der Waals surface area (Å²) in [5.74, 6) is 0. The molecule has 0 atom stereocenters. The van der Waals surface area contributed by atoms with Crippen LogP contribution >= 0.6 is 0 Å². The summed E-state index contributed by atoms with van der Waals surface area (Å²) in [4.78, 5) is 24.2. The average Bonchev–Trinajstić information content (AvgIpc) is 2.20. The molecule has 14 heavy (non-hydrogen) atoms. The molecule has 1 heterocycles. The van der Waals surface area contributed by atoms with Gasteiger partial charge in [-0.05, 0) is 13.0 Å². The highest BCUT2D eigenvalue weighted by Gasteiger charge is 2.13. The Hall–Kier alpha value is -1.82. The van der Waals surface area contributed by atoms with E-state index in [9.17, 15) is 14.8 Å². The van der Waals surface area contributed by atoms with Crippen molar-refractivity contribution in [1.29, 1.82) is 0 Å². The van der Waals surface area contributed by atoms with Crippen molar-refractivity contribution in [3.63, 3.8) is 0 Å². The van der Waals surface area contributed by atoms with Gasteiger partial charge in [0.25, 0.3) is 5.56 Å². The Morgan fingerprint density at radius 3 is 2.79 bits per heavy atom. The number of methoxy groups -OCH3 is 1. The lowest BCUT2D eigenvalue weighted by Gasteiger charge is -2.12. The fraction of sp³-hybridized carbons (Fsp3) is 0.250. The highest BCUT2D eigenvalue weighted by atomic mass is 16.6. The first-order chi connectivity index (χ1) is 6.56. The van der Waals surface area contributed by atoms with Gasteiger partial charge in [0.2, 0.25) is 0 Å².